The summed E-state index contributed by atoms with van der Waals surface area (Å²) in [7, 11) is 1.53. The van der Waals surface area contributed by atoms with Gasteiger partial charge in [0.15, 0.2) is 0 Å². The van der Waals surface area contributed by atoms with Gasteiger partial charge < -0.3 is 18.9 Å². The monoisotopic (exact) mass is 386 g/mol. The van der Waals surface area contributed by atoms with Crippen molar-refractivity contribution < 1.29 is 28.5 Å². The van der Waals surface area contributed by atoms with Crippen LogP contribution in [0.15, 0.2) is 48.5 Å². The van der Waals surface area contributed by atoms with Crippen molar-refractivity contribution in [1.29, 1.82) is 0 Å². The molecular weight excluding hydrogens is 360 g/mol. The summed E-state index contributed by atoms with van der Waals surface area (Å²) in [5.74, 6) is -0.0264. The molecule has 0 bridgehead atoms. The van der Waals surface area contributed by atoms with Crippen molar-refractivity contribution in [1.82, 2.24) is 0 Å². The summed E-state index contributed by atoms with van der Waals surface area (Å²) in [6, 6.07) is 13.1. The third-order valence-corrected chi connectivity index (χ3v) is 3.91. The van der Waals surface area contributed by atoms with Gasteiger partial charge in [-0.3, -0.25) is 0 Å². The van der Waals surface area contributed by atoms with Crippen molar-refractivity contribution in [2.45, 2.75) is 26.2 Å². The van der Waals surface area contributed by atoms with E-state index in [0.29, 0.717) is 30.1 Å². The molecule has 2 rings (SSSR count). The van der Waals surface area contributed by atoms with Gasteiger partial charge in [0.1, 0.15) is 18.1 Å². The first-order chi connectivity index (χ1) is 13.6. The van der Waals surface area contributed by atoms with Crippen LogP contribution in [0.1, 0.15) is 46.9 Å². The van der Waals surface area contributed by atoms with Crippen LogP contribution in [-0.4, -0.2) is 38.9 Å². The lowest BCUT2D eigenvalue weighted by atomic mass is 10.2. The Morgan fingerprint density at radius 2 is 1.61 bits per heavy atom. The quantitative estimate of drug-likeness (QED) is 0.326. The highest BCUT2D eigenvalue weighted by molar-refractivity contribution is 5.92. The Kier molecular flexibility index (Phi) is 9.01. The fourth-order valence-corrected chi connectivity index (χ4v) is 2.38. The second-order valence-corrected chi connectivity index (χ2v) is 6.13. The Morgan fingerprint density at radius 1 is 0.821 bits per heavy atom. The number of esters is 2. The zero-order valence-corrected chi connectivity index (χ0v) is 16.3. The average molecular weight is 386 g/mol. The summed E-state index contributed by atoms with van der Waals surface area (Å²) in [5.41, 5.74) is 0.700. The number of hydrogen-bond acceptors (Lipinski definition) is 6. The Labute approximate surface area is 165 Å². The van der Waals surface area contributed by atoms with E-state index in [4.69, 9.17) is 18.9 Å². The second-order valence-electron chi connectivity index (χ2n) is 6.13. The predicted octanol–water partition coefficient (Wildman–Crippen LogP) is 4.28. The molecule has 0 fully saturated rings. The van der Waals surface area contributed by atoms with Gasteiger partial charge in [0.05, 0.1) is 24.3 Å². The van der Waals surface area contributed by atoms with Crippen LogP contribution in [0.4, 0.5) is 0 Å². The normalized spacial score (nSPS) is 10.4. The van der Waals surface area contributed by atoms with Crippen LogP contribution < -0.4 is 9.47 Å². The number of carbonyl (C=O) groups excluding carboxylic acids is 2. The molecule has 2 aromatic rings. The zero-order chi connectivity index (χ0) is 20.2. The molecule has 0 unspecified atom stereocenters. The molecule has 0 heterocycles. The maximum atomic E-state index is 12.3. The van der Waals surface area contributed by atoms with Crippen LogP contribution in [0.3, 0.4) is 0 Å². The first-order valence-electron chi connectivity index (χ1n) is 9.35. The number of carbonyl (C=O) groups is 2. The highest BCUT2D eigenvalue weighted by Gasteiger charge is 2.12. The smallest absolute Gasteiger partial charge is 0.343 e. The molecule has 0 atom stereocenters. The van der Waals surface area contributed by atoms with Gasteiger partial charge >= 0.3 is 11.9 Å². The van der Waals surface area contributed by atoms with E-state index in [0.717, 1.165) is 19.3 Å². The molecule has 0 amide bonds. The summed E-state index contributed by atoms with van der Waals surface area (Å²) >= 11 is 0. The van der Waals surface area contributed by atoms with Gasteiger partial charge in [-0.05, 0) is 48.9 Å². The summed E-state index contributed by atoms with van der Waals surface area (Å²) in [6.07, 6.45) is 3.27. The topological polar surface area (TPSA) is 71.1 Å². The van der Waals surface area contributed by atoms with Crippen molar-refractivity contribution in [2.75, 3.05) is 26.9 Å². The fraction of sp³-hybridized carbons (Fsp3) is 0.364. The van der Waals surface area contributed by atoms with Crippen molar-refractivity contribution in [2.24, 2.45) is 0 Å². The molecule has 150 valence electrons. The van der Waals surface area contributed by atoms with Crippen molar-refractivity contribution in [3.63, 3.8) is 0 Å². The third kappa shape index (κ3) is 7.04. The molecule has 0 radical (unpaired) electrons. The van der Waals surface area contributed by atoms with E-state index in [-0.39, 0.29) is 12.4 Å². The lowest BCUT2D eigenvalue weighted by Crippen LogP contribution is -2.11. The first-order valence-corrected chi connectivity index (χ1v) is 9.35. The van der Waals surface area contributed by atoms with Crippen LogP contribution in [0.5, 0.6) is 11.5 Å². The minimum atomic E-state index is -0.512. The molecule has 0 saturated carbocycles. The van der Waals surface area contributed by atoms with E-state index in [9.17, 15) is 9.59 Å². The first kappa shape index (κ1) is 21.4. The molecule has 6 nitrogen and oxygen atoms in total. The lowest BCUT2D eigenvalue weighted by Gasteiger charge is -2.08. The van der Waals surface area contributed by atoms with Crippen molar-refractivity contribution in [3.8, 4) is 11.5 Å². The predicted molar refractivity (Wildman–Crippen MR) is 105 cm³/mol. The number of rotatable bonds is 11. The fourth-order valence-electron chi connectivity index (χ4n) is 2.38. The van der Waals surface area contributed by atoms with E-state index in [1.165, 1.54) is 13.2 Å². The Bertz CT molecular complexity index is 754. The van der Waals surface area contributed by atoms with Gasteiger partial charge in [0, 0.05) is 7.11 Å². The SMILES string of the molecule is CCCCCOc1ccc(C(=O)Oc2cccc(C(=O)OCCOC)c2)cc1. The molecule has 0 saturated heterocycles. The van der Waals surface area contributed by atoms with Crippen LogP contribution in [0.25, 0.3) is 0 Å². The Morgan fingerprint density at radius 3 is 2.32 bits per heavy atom. The molecule has 0 aliphatic carbocycles. The minimum absolute atomic E-state index is 0.159. The summed E-state index contributed by atoms with van der Waals surface area (Å²) < 4.78 is 20.9. The van der Waals surface area contributed by atoms with E-state index in [1.54, 1.807) is 42.5 Å². The highest BCUT2D eigenvalue weighted by atomic mass is 16.6. The third-order valence-electron chi connectivity index (χ3n) is 3.91. The van der Waals surface area contributed by atoms with Gasteiger partial charge in [-0.25, -0.2) is 9.59 Å². The van der Waals surface area contributed by atoms with Crippen molar-refractivity contribution in [3.05, 3.63) is 59.7 Å². The van der Waals surface area contributed by atoms with Gasteiger partial charge in [-0.2, -0.15) is 0 Å². The van der Waals surface area contributed by atoms with Gasteiger partial charge in [-0.15, -0.1) is 0 Å². The molecule has 0 spiro atoms. The van der Waals surface area contributed by atoms with Gasteiger partial charge in [0.2, 0.25) is 0 Å². The van der Waals surface area contributed by atoms with Crippen molar-refractivity contribution >= 4 is 11.9 Å². The van der Waals surface area contributed by atoms with E-state index in [2.05, 4.69) is 6.92 Å². The molecule has 2 aromatic carbocycles. The number of hydrogen-bond donors (Lipinski definition) is 0. The van der Waals surface area contributed by atoms with Crippen LogP contribution in [0.2, 0.25) is 0 Å². The number of unbranched alkanes of at least 4 members (excludes halogenated alkanes) is 2. The summed E-state index contributed by atoms with van der Waals surface area (Å²) in [4.78, 5) is 24.3. The van der Waals surface area contributed by atoms with E-state index >= 15 is 0 Å². The Balaban J connectivity index is 1.91. The molecule has 6 heteroatoms. The van der Waals surface area contributed by atoms with Crippen LogP contribution in [0, 0.1) is 0 Å². The molecule has 28 heavy (non-hydrogen) atoms. The number of benzene rings is 2. The van der Waals surface area contributed by atoms with Crippen LogP contribution in [-0.2, 0) is 9.47 Å². The van der Waals surface area contributed by atoms with E-state index < -0.39 is 11.9 Å². The number of methoxy groups -OCH3 is 1. The standard InChI is InChI=1S/C22H26O6/c1-3-4-5-13-26-19-11-9-17(10-12-19)22(24)28-20-8-6-7-18(16-20)21(23)27-15-14-25-2/h6-12,16H,3-5,13-15H2,1-2H3. The Hall–Kier alpha value is -2.86. The van der Waals surface area contributed by atoms with Gasteiger partial charge in [-0.1, -0.05) is 25.8 Å². The van der Waals surface area contributed by atoms with Gasteiger partial charge in [0.25, 0.3) is 0 Å². The molecular formula is C22H26O6. The molecule has 0 aliphatic heterocycles. The second kappa shape index (κ2) is 11.8. The van der Waals surface area contributed by atoms with E-state index in [1.807, 2.05) is 0 Å². The lowest BCUT2D eigenvalue weighted by molar-refractivity contribution is 0.0387. The largest absolute Gasteiger partial charge is 0.494 e. The van der Waals surface area contributed by atoms with Crippen LogP contribution >= 0.6 is 0 Å². The maximum Gasteiger partial charge on any atom is 0.343 e. The number of ether oxygens (including phenoxy) is 4. The molecule has 0 aromatic heterocycles. The molecule has 0 aliphatic rings. The maximum absolute atomic E-state index is 12.3. The summed E-state index contributed by atoms with van der Waals surface area (Å²) in [5, 5.41) is 0. The average Bonchev–Trinajstić information content (AvgIpc) is 2.72. The summed E-state index contributed by atoms with van der Waals surface area (Å²) in [6.45, 7) is 3.27. The molecule has 0 N–H and O–H groups in total. The zero-order valence-electron chi connectivity index (χ0n) is 16.3. The highest BCUT2D eigenvalue weighted by Crippen LogP contribution is 2.18. The minimum Gasteiger partial charge on any atom is -0.494 e.